The first-order chi connectivity index (χ1) is 8.69. The summed E-state index contributed by atoms with van der Waals surface area (Å²) in [6.45, 7) is 4.69. The molecule has 1 N–H and O–H groups in total. The molecule has 0 spiro atoms. The van der Waals surface area contributed by atoms with E-state index in [1.807, 2.05) is 38.1 Å². The van der Waals surface area contributed by atoms with Gasteiger partial charge < -0.3 is 10.1 Å². The quantitative estimate of drug-likeness (QED) is 0.934. The molecule has 0 fully saturated rings. The van der Waals surface area contributed by atoms with Gasteiger partial charge in [-0.25, -0.2) is 4.98 Å². The van der Waals surface area contributed by atoms with Gasteiger partial charge >= 0.3 is 0 Å². The van der Waals surface area contributed by atoms with Crippen LogP contribution in [0.5, 0.6) is 11.6 Å². The maximum absolute atomic E-state index is 5.74. The number of hydrogen-bond donors (Lipinski definition) is 1. The molecule has 0 radical (unpaired) electrons. The van der Waals surface area contributed by atoms with Crippen molar-refractivity contribution in [1.29, 1.82) is 0 Å². The number of aromatic nitrogens is 2. The van der Waals surface area contributed by atoms with Crippen molar-refractivity contribution in [3.63, 3.8) is 0 Å². The van der Waals surface area contributed by atoms with Crippen LogP contribution in [-0.4, -0.2) is 16.5 Å². The summed E-state index contributed by atoms with van der Waals surface area (Å²) in [5.41, 5.74) is 0.864. The first-order valence-corrected chi connectivity index (χ1v) is 6.50. The molecule has 5 heteroatoms. The largest absolute Gasteiger partial charge is 0.438 e. The van der Waals surface area contributed by atoms with E-state index in [-0.39, 0.29) is 0 Å². The molecule has 1 aromatic heterocycles. The molecule has 0 bridgehead atoms. The number of para-hydroxylation sites is 1. The van der Waals surface area contributed by atoms with Crippen LogP contribution in [0.15, 0.2) is 34.8 Å². The van der Waals surface area contributed by atoms with Crippen molar-refractivity contribution in [3.05, 3.63) is 40.5 Å². The molecule has 2 rings (SSSR count). The van der Waals surface area contributed by atoms with Crippen LogP contribution in [0.1, 0.15) is 12.6 Å². The van der Waals surface area contributed by atoms with Gasteiger partial charge in [0.2, 0.25) is 11.8 Å². The minimum absolute atomic E-state index is 0.533. The van der Waals surface area contributed by atoms with Gasteiger partial charge in [-0.05, 0) is 41.9 Å². The third-order valence-electron chi connectivity index (χ3n) is 2.22. The minimum atomic E-state index is 0.533. The second kappa shape index (κ2) is 5.82. The maximum atomic E-state index is 5.74. The van der Waals surface area contributed by atoms with Crippen LogP contribution in [0.4, 0.5) is 5.95 Å². The summed E-state index contributed by atoms with van der Waals surface area (Å²) in [5, 5.41) is 3.08. The highest BCUT2D eigenvalue weighted by Crippen LogP contribution is 2.28. The van der Waals surface area contributed by atoms with Crippen LogP contribution in [0.3, 0.4) is 0 Å². The maximum Gasteiger partial charge on any atom is 0.226 e. The zero-order chi connectivity index (χ0) is 13.0. The molecule has 1 aromatic carbocycles. The van der Waals surface area contributed by atoms with Crippen LogP contribution < -0.4 is 10.1 Å². The third-order valence-corrected chi connectivity index (χ3v) is 2.87. The van der Waals surface area contributed by atoms with Crippen molar-refractivity contribution >= 4 is 21.9 Å². The lowest BCUT2D eigenvalue weighted by molar-refractivity contribution is 0.459. The van der Waals surface area contributed by atoms with E-state index < -0.39 is 0 Å². The van der Waals surface area contributed by atoms with Crippen molar-refractivity contribution in [1.82, 2.24) is 9.97 Å². The standard InChI is InChI=1S/C13H14BrN3O/c1-3-15-13-16-9(2)8-12(17-13)18-11-7-5-4-6-10(11)14/h4-8H,3H2,1-2H3,(H,15,16,17). The van der Waals surface area contributed by atoms with Gasteiger partial charge in [0, 0.05) is 18.3 Å². The van der Waals surface area contributed by atoms with E-state index in [2.05, 4.69) is 31.2 Å². The molecule has 0 aliphatic heterocycles. The fraction of sp³-hybridized carbons (Fsp3) is 0.231. The van der Waals surface area contributed by atoms with Crippen molar-refractivity contribution in [2.24, 2.45) is 0 Å². The highest BCUT2D eigenvalue weighted by Gasteiger charge is 2.05. The number of nitrogens with one attached hydrogen (secondary N) is 1. The summed E-state index contributed by atoms with van der Waals surface area (Å²) in [6.07, 6.45) is 0. The Bertz CT molecular complexity index is 546. The second-order valence-electron chi connectivity index (χ2n) is 3.73. The Balaban J connectivity index is 2.26. The van der Waals surface area contributed by atoms with Crippen LogP contribution in [0, 0.1) is 6.92 Å². The molecule has 0 saturated heterocycles. The molecule has 0 aliphatic rings. The van der Waals surface area contributed by atoms with E-state index in [9.17, 15) is 0 Å². The van der Waals surface area contributed by atoms with Gasteiger partial charge in [-0.15, -0.1) is 0 Å². The molecule has 2 aromatic rings. The van der Waals surface area contributed by atoms with E-state index in [0.717, 1.165) is 22.5 Å². The van der Waals surface area contributed by atoms with Gasteiger partial charge in [0.25, 0.3) is 0 Å². The average Bonchev–Trinajstić information content (AvgIpc) is 2.32. The normalized spacial score (nSPS) is 10.2. The van der Waals surface area contributed by atoms with Crippen molar-refractivity contribution < 1.29 is 4.74 Å². The Kier molecular flexibility index (Phi) is 4.15. The Hall–Kier alpha value is -1.62. The van der Waals surface area contributed by atoms with Crippen LogP contribution in [0.25, 0.3) is 0 Å². The molecule has 0 saturated carbocycles. The topological polar surface area (TPSA) is 47.0 Å². The molecular formula is C13H14BrN3O. The van der Waals surface area contributed by atoms with Gasteiger partial charge in [-0.3, -0.25) is 0 Å². The van der Waals surface area contributed by atoms with Gasteiger partial charge in [-0.2, -0.15) is 4.98 Å². The number of benzene rings is 1. The summed E-state index contributed by atoms with van der Waals surface area (Å²) in [7, 11) is 0. The van der Waals surface area contributed by atoms with Gasteiger partial charge in [0.1, 0.15) is 5.75 Å². The number of anilines is 1. The first kappa shape index (κ1) is 12.8. The zero-order valence-electron chi connectivity index (χ0n) is 10.3. The van der Waals surface area contributed by atoms with Crippen LogP contribution >= 0.6 is 15.9 Å². The average molecular weight is 308 g/mol. The third kappa shape index (κ3) is 3.20. The molecule has 0 amide bonds. The number of hydrogen-bond acceptors (Lipinski definition) is 4. The monoisotopic (exact) mass is 307 g/mol. The highest BCUT2D eigenvalue weighted by molar-refractivity contribution is 9.10. The van der Waals surface area contributed by atoms with E-state index in [1.54, 1.807) is 6.07 Å². The molecule has 4 nitrogen and oxygen atoms in total. The van der Waals surface area contributed by atoms with Gasteiger partial charge in [0.05, 0.1) is 4.47 Å². The molecular weight excluding hydrogens is 294 g/mol. The number of rotatable bonds is 4. The number of ether oxygens (including phenoxy) is 1. The molecule has 94 valence electrons. The summed E-state index contributed by atoms with van der Waals surface area (Å²) in [6, 6.07) is 9.47. The molecule has 0 unspecified atom stereocenters. The Morgan fingerprint density at radius 1 is 1.28 bits per heavy atom. The number of halogens is 1. The smallest absolute Gasteiger partial charge is 0.226 e. The SMILES string of the molecule is CCNc1nc(C)cc(Oc2ccccc2Br)n1. The van der Waals surface area contributed by atoms with Crippen LogP contribution in [0.2, 0.25) is 0 Å². The predicted octanol–water partition coefficient (Wildman–Crippen LogP) is 3.77. The fourth-order valence-corrected chi connectivity index (χ4v) is 1.83. The first-order valence-electron chi connectivity index (χ1n) is 5.71. The van der Waals surface area contributed by atoms with E-state index in [1.165, 1.54) is 0 Å². The molecule has 0 atom stereocenters. The second-order valence-corrected chi connectivity index (χ2v) is 4.59. The summed E-state index contributed by atoms with van der Waals surface area (Å²) in [5.74, 6) is 1.85. The van der Waals surface area contributed by atoms with Crippen LogP contribution in [-0.2, 0) is 0 Å². The molecule has 1 heterocycles. The fourth-order valence-electron chi connectivity index (χ4n) is 1.47. The molecule has 0 aliphatic carbocycles. The predicted molar refractivity (Wildman–Crippen MR) is 75.1 cm³/mol. The number of aryl methyl sites for hydroxylation is 1. The molecule has 18 heavy (non-hydrogen) atoms. The Morgan fingerprint density at radius 3 is 2.78 bits per heavy atom. The van der Waals surface area contributed by atoms with Gasteiger partial charge in [-0.1, -0.05) is 12.1 Å². The Labute approximate surface area is 115 Å². The summed E-state index contributed by atoms with van der Waals surface area (Å²) < 4.78 is 6.63. The van der Waals surface area contributed by atoms with Crippen molar-refractivity contribution in [2.75, 3.05) is 11.9 Å². The summed E-state index contributed by atoms with van der Waals surface area (Å²) >= 11 is 3.44. The zero-order valence-corrected chi connectivity index (χ0v) is 11.9. The van der Waals surface area contributed by atoms with E-state index in [4.69, 9.17) is 4.74 Å². The van der Waals surface area contributed by atoms with E-state index in [0.29, 0.717) is 11.8 Å². The van der Waals surface area contributed by atoms with Gasteiger partial charge in [0.15, 0.2) is 0 Å². The lowest BCUT2D eigenvalue weighted by Crippen LogP contribution is -2.04. The van der Waals surface area contributed by atoms with Crippen molar-refractivity contribution in [2.45, 2.75) is 13.8 Å². The lowest BCUT2D eigenvalue weighted by atomic mass is 10.3. The Morgan fingerprint density at radius 2 is 2.06 bits per heavy atom. The van der Waals surface area contributed by atoms with E-state index >= 15 is 0 Å². The highest BCUT2D eigenvalue weighted by atomic mass is 79.9. The summed E-state index contributed by atoms with van der Waals surface area (Å²) in [4.78, 5) is 8.57. The lowest BCUT2D eigenvalue weighted by Gasteiger charge is -2.09. The number of nitrogens with zero attached hydrogens (tertiary/aromatic N) is 2. The minimum Gasteiger partial charge on any atom is -0.438 e. The van der Waals surface area contributed by atoms with Crippen molar-refractivity contribution in [3.8, 4) is 11.6 Å².